The molecule has 0 bridgehead atoms. The Morgan fingerprint density at radius 3 is 1.14 bits per heavy atom. The van der Waals surface area contributed by atoms with Gasteiger partial charge in [-0.25, -0.2) is 0 Å². The topological polar surface area (TPSA) is 307 Å². The van der Waals surface area contributed by atoms with E-state index in [4.69, 9.17) is 28.4 Å². The van der Waals surface area contributed by atoms with Crippen molar-refractivity contribution in [3.63, 3.8) is 0 Å². The summed E-state index contributed by atoms with van der Waals surface area (Å²) in [5.41, 5.74) is 0. The van der Waals surface area contributed by atoms with Gasteiger partial charge in [0, 0.05) is 6.42 Å². The Balaban J connectivity index is 1.46. The quantitative estimate of drug-likeness (QED) is 0.0201. The second-order valence-electron chi connectivity index (χ2n) is 24.6. The van der Waals surface area contributed by atoms with Crippen LogP contribution < -0.4 is 5.32 Å². The summed E-state index contributed by atoms with van der Waals surface area (Å²) >= 11 is 0. The predicted molar refractivity (Wildman–Crippen MR) is 328 cm³/mol. The standard InChI is InChI=1S/C66H123NO18/c1-3-5-7-9-11-13-15-17-19-21-23-24-26-28-30-32-34-36-38-40-42-44-54(72)67-49(50(71)43-41-39-37-35-33-31-29-27-25-22-20-18-16-14-12-10-8-6-4-2)48-80-64-60(78)57(75)62(52(46-69)82-64)85-66-61(79)58(76)63(53(47-70)83-66)84-65-59(77)56(74)55(73)51(45-68)81-65/h21,23,41,43,49-53,55-66,68-71,73-79H,3-20,22,24-40,42,44-48H2,1-2H3,(H,67,72)/b23-21-,43-41+. The summed E-state index contributed by atoms with van der Waals surface area (Å²) in [6, 6.07) is -0.972. The Hall–Kier alpha value is -1.73. The van der Waals surface area contributed by atoms with Crippen LogP contribution in [0.1, 0.15) is 258 Å². The van der Waals surface area contributed by atoms with Gasteiger partial charge in [-0.2, -0.15) is 0 Å². The third-order valence-corrected chi connectivity index (χ3v) is 17.2. The van der Waals surface area contributed by atoms with Crippen LogP contribution in [0.25, 0.3) is 0 Å². The molecule has 0 aromatic rings. The van der Waals surface area contributed by atoms with Crippen molar-refractivity contribution in [2.24, 2.45) is 0 Å². The molecule has 85 heavy (non-hydrogen) atoms. The lowest BCUT2D eigenvalue weighted by atomic mass is 9.96. The number of allylic oxidation sites excluding steroid dienone is 3. The molecular formula is C66H123NO18. The van der Waals surface area contributed by atoms with Gasteiger partial charge in [-0.15, -0.1) is 0 Å². The van der Waals surface area contributed by atoms with E-state index < -0.39 is 124 Å². The van der Waals surface area contributed by atoms with E-state index in [1.165, 1.54) is 180 Å². The van der Waals surface area contributed by atoms with Gasteiger partial charge in [0.25, 0.3) is 0 Å². The van der Waals surface area contributed by atoms with Crippen LogP contribution in [0.5, 0.6) is 0 Å². The summed E-state index contributed by atoms with van der Waals surface area (Å²) in [5.74, 6) is -0.275. The van der Waals surface area contributed by atoms with Crippen molar-refractivity contribution in [3.05, 3.63) is 24.3 Å². The summed E-state index contributed by atoms with van der Waals surface area (Å²) in [5, 5.41) is 120. The number of ether oxygens (including phenoxy) is 6. The third-order valence-electron chi connectivity index (χ3n) is 17.2. The van der Waals surface area contributed by atoms with E-state index in [1.54, 1.807) is 6.08 Å². The molecule has 17 unspecified atom stereocenters. The number of carbonyl (C=O) groups excluding carboxylic acids is 1. The van der Waals surface area contributed by atoms with Gasteiger partial charge in [-0.05, 0) is 44.9 Å². The lowest BCUT2D eigenvalue weighted by molar-refractivity contribution is -0.379. The number of hydrogen-bond donors (Lipinski definition) is 12. The highest BCUT2D eigenvalue weighted by Gasteiger charge is 2.53. The molecule has 0 aromatic carbocycles. The monoisotopic (exact) mass is 1220 g/mol. The lowest BCUT2D eigenvalue weighted by Gasteiger charge is -2.48. The van der Waals surface area contributed by atoms with Crippen LogP contribution in [0.2, 0.25) is 0 Å². The molecule has 3 aliphatic heterocycles. The van der Waals surface area contributed by atoms with Gasteiger partial charge in [-0.3, -0.25) is 4.79 Å². The predicted octanol–water partition coefficient (Wildman–Crippen LogP) is 8.27. The molecule has 12 N–H and O–H groups in total. The van der Waals surface area contributed by atoms with Gasteiger partial charge in [0.2, 0.25) is 5.91 Å². The summed E-state index contributed by atoms with van der Waals surface area (Å²) in [6.45, 7) is 1.75. The van der Waals surface area contributed by atoms with Crippen LogP contribution >= 0.6 is 0 Å². The first-order valence-corrected chi connectivity index (χ1v) is 34.1. The van der Waals surface area contributed by atoms with E-state index in [1.807, 2.05) is 6.08 Å². The number of aliphatic hydroxyl groups excluding tert-OH is 11. The molecule has 0 radical (unpaired) electrons. The number of amides is 1. The largest absolute Gasteiger partial charge is 0.394 e. The molecule has 3 rings (SSSR count). The van der Waals surface area contributed by atoms with Crippen molar-refractivity contribution in [1.82, 2.24) is 5.32 Å². The van der Waals surface area contributed by atoms with Gasteiger partial charge >= 0.3 is 0 Å². The molecular weight excluding hydrogens is 1090 g/mol. The third kappa shape index (κ3) is 31.7. The van der Waals surface area contributed by atoms with Crippen LogP contribution in [0, 0.1) is 0 Å². The zero-order valence-electron chi connectivity index (χ0n) is 52.6. The van der Waals surface area contributed by atoms with E-state index in [2.05, 4.69) is 31.3 Å². The number of aliphatic hydroxyl groups is 11. The van der Waals surface area contributed by atoms with E-state index in [-0.39, 0.29) is 18.9 Å². The molecule has 3 heterocycles. The molecule has 1 amide bonds. The molecule has 19 nitrogen and oxygen atoms in total. The summed E-state index contributed by atoms with van der Waals surface area (Å²) in [7, 11) is 0. The normalized spacial score (nSPS) is 29.1. The van der Waals surface area contributed by atoms with Crippen molar-refractivity contribution < 1.29 is 89.4 Å². The highest BCUT2D eigenvalue weighted by molar-refractivity contribution is 5.76. The number of unbranched alkanes of at least 4 members (excludes halogenated alkanes) is 34. The highest BCUT2D eigenvalue weighted by Crippen LogP contribution is 2.33. The molecule has 17 atom stereocenters. The number of rotatable bonds is 52. The Kier molecular flexibility index (Phi) is 44.7. The van der Waals surface area contributed by atoms with Gasteiger partial charge in [0.15, 0.2) is 18.9 Å². The molecule has 19 heteroatoms. The zero-order chi connectivity index (χ0) is 61.9. The van der Waals surface area contributed by atoms with Gasteiger partial charge in [0.1, 0.15) is 73.2 Å². The summed E-state index contributed by atoms with van der Waals surface area (Å²) < 4.78 is 34.3. The van der Waals surface area contributed by atoms with Crippen LogP contribution in [0.4, 0.5) is 0 Å². The van der Waals surface area contributed by atoms with Crippen LogP contribution in [-0.4, -0.2) is 193 Å². The van der Waals surface area contributed by atoms with Crippen molar-refractivity contribution >= 4 is 5.91 Å². The maximum atomic E-state index is 13.4. The maximum absolute atomic E-state index is 13.4. The van der Waals surface area contributed by atoms with Gasteiger partial charge in [0.05, 0.1) is 38.6 Å². The van der Waals surface area contributed by atoms with E-state index in [0.29, 0.717) is 6.42 Å². The minimum absolute atomic E-state index is 0.243. The fraction of sp³-hybridized carbons (Fsp3) is 0.924. The number of nitrogens with one attached hydrogen (secondary N) is 1. The molecule has 0 saturated carbocycles. The molecule has 3 saturated heterocycles. The van der Waals surface area contributed by atoms with Crippen molar-refractivity contribution in [2.75, 3.05) is 26.4 Å². The first-order valence-electron chi connectivity index (χ1n) is 34.1. The first kappa shape index (κ1) is 77.5. The molecule has 3 aliphatic rings. The average molecular weight is 1220 g/mol. The zero-order valence-corrected chi connectivity index (χ0v) is 52.6. The Labute approximate surface area is 511 Å². The smallest absolute Gasteiger partial charge is 0.220 e. The van der Waals surface area contributed by atoms with Crippen molar-refractivity contribution in [1.29, 1.82) is 0 Å². The van der Waals surface area contributed by atoms with Crippen LogP contribution in [0.3, 0.4) is 0 Å². The average Bonchev–Trinajstić information content (AvgIpc) is 3.10. The number of carbonyl (C=O) groups is 1. The Bertz CT molecular complexity index is 1640. The lowest BCUT2D eigenvalue weighted by Crippen LogP contribution is -2.66. The highest BCUT2D eigenvalue weighted by atomic mass is 16.8. The molecule has 3 fully saturated rings. The fourth-order valence-corrected chi connectivity index (χ4v) is 11.7. The van der Waals surface area contributed by atoms with Gasteiger partial charge < -0.3 is 89.9 Å². The van der Waals surface area contributed by atoms with Crippen molar-refractivity contribution in [3.8, 4) is 0 Å². The van der Waals surface area contributed by atoms with E-state index in [0.717, 1.165) is 51.4 Å². The van der Waals surface area contributed by atoms with Gasteiger partial charge in [-0.1, -0.05) is 231 Å². The van der Waals surface area contributed by atoms with E-state index >= 15 is 0 Å². The maximum Gasteiger partial charge on any atom is 0.220 e. The van der Waals surface area contributed by atoms with Crippen LogP contribution in [0.15, 0.2) is 24.3 Å². The minimum Gasteiger partial charge on any atom is -0.394 e. The fourth-order valence-electron chi connectivity index (χ4n) is 11.7. The van der Waals surface area contributed by atoms with Crippen LogP contribution in [-0.2, 0) is 33.2 Å². The molecule has 500 valence electrons. The molecule has 0 aromatic heterocycles. The summed E-state index contributed by atoms with van der Waals surface area (Å²) in [6.07, 6.45) is 27.2. The Morgan fingerprint density at radius 1 is 0.412 bits per heavy atom. The molecule has 0 spiro atoms. The second-order valence-corrected chi connectivity index (χ2v) is 24.6. The number of hydrogen-bond acceptors (Lipinski definition) is 18. The Morgan fingerprint density at radius 2 is 0.741 bits per heavy atom. The summed E-state index contributed by atoms with van der Waals surface area (Å²) in [4.78, 5) is 13.4. The van der Waals surface area contributed by atoms with Crippen molar-refractivity contribution in [2.45, 2.75) is 362 Å². The first-order chi connectivity index (χ1) is 41.3. The van der Waals surface area contributed by atoms with E-state index in [9.17, 15) is 61.0 Å². The second kappa shape index (κ2) is 49.0. The minimum atomic E-state index is -1.98. The molecule has 0 aliphatic carbocycles. The SMILES string of the molecule is CCCCCCCCCC/C=C\CCCCCCCCCCCC(=O)NC(COC1OC(CO)C(OC2OC(CO)C(OC3OC(CO)C(O)C(O)C3O)C(O)C2O)C(O)C1O)C(O)/C=C/CCCCCCCCCCCCCCCCCCC.